The number of hydrogen-bond donors (Lipinski definition) is 0. The summed E-state index contributed by atoms with van der Waals surface area (Å²) >= 11 is 6.09. The monoisotopic (exact) mass is 486 g/mol. The number of anilines is 1. The van der Waals surface area contributed by atoms with Gasteiger partial charge in [-0.15, -0.1) is 0 Å². The zero-order valence-corrected chi connectivity index (χ0v) is 21.3. The molecule has 1 aliphatic heterocycles. The summed E-state index contributed by atoms with van der Waals surface area (Å²) in [6.45, 7) is 15.4. The molecule has 0 N–H and O–H groups in total. The Hall–Kier alpha value is -3.29. The molecule has 0 amide bonds. The highest BCUT2D eigenvalue weighted by molar-refractivity contribution is 6.30. The number of nitrogens with zero attached hydrogens (tertiary/aromatic N) is 2. The van der Waals surface area contributed by atoms with Crippen molar-refractivity contribution in [1.82, 2.24) is 0 Å². The van der Waals surface area contributed by atoms with Crippen molar-refractivity contribution in [1.29, 1.82) is 0 Å². The van der Waals surface area contributed by atoms with Gasteiger partial charge in [0, 0.05) is 35.3 Å². The Labute approximate surface area is 213 Å². The fourth-order valence-corrected chi connectivity index (χ4v) is 4.82. The smallest absolute Gasteiger partial charge is 0.338 e. The molecule has 1 atom stereocenters. The fourth-order valence-electron chi connectivity index (χ4n) is 4.69. The highest BCUT2D eigenvalue weighted by Gasteiger charge is 2.33. The second-order valence-electron chi connectivity index (χ2n) is 10.0. The molecular weight excluding hydrogens is 456 g/mol. The lowest BCUT2D eigenvalue weighted by molar-refractivity contribution is 0.00695. The molecule has 0 spiro atoms. The zero-order chi connectivity index (χ0) is 25.0. The van der Waals surface area contributed by atoms with Gasteiger partial charge >= 0.3 is 5.97 Å². The minimum Gasteiger partial charge on any atom is -0.456 e. The third-order valence-electron chi connectivity index (χ3n) is 6.43. The summed E-state index contributed by atoms with van der Waals surface area (Å²) in [6, 6.07) is 23.5. The molecule has 0 aliphatic carbocycles. The average molecular weight is 487 g/mol. The van der Waals surface area contributed by atoms with E-state index in [1.165, 1.54) is 0 Å². The summed E-state index contributed by atoms with van der Waals surface area (Å²) in [5, 5.41) is 0.708. The molecular formula is C30H31ClN2O2. The minimum atomic E-state index is -0.511. The molecule has 0 radical (unpaired) electrons. The van der Waals surface area contributed by atoms with Crippen molar-refractivity contribution in [3.63, 3.8) is 0 Å². The van der Waals surface area contributed by atoms with Crippen LogP contribution < -0.4 is 4.90 Å². The normalized spacial score (nSPS) is 15.3. The number of piperidine rings is 1. The molecule has 0 unspecified atom stereocenters. The lowest BCUT2D eigenvalue weighted by atomic mass is 9.83. The van der Waals surface area contributed by atoms with Crippen molar-refractivity contribution in [2.24, 2.45) is 5.92 Å². The van der Waals surface area contributed by atoms with Crippen LogP contribution in [-0.2, 0) is 4.74 Å². The van der Waals surface area contributed by atoms with Crippen LogP contribution in [0.3, 0.4) is 0 Å². The predicted octanol–water partition coefficient (Wildman–Crippen LogP) is 7.84. The number of carbonyl (C=O) groups excluding carboxylic acids is 1. The molecule has 1 heterocycles. The molecule has 1 fully saturated rings. The van der Waals surface area contributed by atoms with Crippen LogP contribution in [0.25, 0.3) is 16.0 Å². The maximum atomic E-state index is 12.3. The van der Waals surface area contributed by atoms with Gasteiger partial charge in [-0.1, -0.05) is 48.0 Å². The van der Waals surface area contributed by atoms with Gasteiger partial charge < -0.3 is 14.5 Å². The maximum absolute atomic E-state index is 12.3. The molecule has 4 rings (SSSR count). The second-order valence-corrected chi connectivity index (χ2v) is 10.5. The van der Waals surface area contributed by atoms with Crippen molar-refractivity contribution in [3.05, 3.63) is 100 Å². The molecule has 4 nitrogen and oxygen atoms in total. The Morgan fingerprint density at radius 2 is 1.63 bits per heavy atom. The van der Waals surface area contributed by atoms with Crippen LogP contribution in [0.5, 0.6) is 0 Å². The van der Waals surface area contributed by atoms with Crippen molar-refractivity contribution in [2.75, 3.05) is 18.0 Å². The maximum Gasteiger partial charge on any atom is 0.338 e. The van der Waals surface area contributed by atoms with E-state index in [0.717, 1.165) is 48.3 Å². The molecule has 180 valence electrons. The molecule has 0 bridgehead atoms. The standard InChI is InChI=1S/C30H31ClN2O2/c1-30(2,3)35-29(34)23-11-15-25(16-12-23)33-19-17-22(18-20-33)28(32-4)27-8-6-5-7-26(27)21-9-13-24(31)14-10-21/h5-16,22,28H,17-20H2,1-3H3/t28-/m1/s1. The van der Waals surface area contributed by atoms with Crippen LogP contribution in [0.15, 0.2) is 72.8 Å². The Balaban J connectivity index is 1.45. The van der Waals surface area contributed by atoms with Gasteiger partial charge in [-0.05, 0) is 81.1 Å². The fraction of sp³-hybridized carbons (Fsp3) is 0.333. The first-order chi connectivity index (χ1) is 16.7. The first-order valence-corrected chi connectivity index (χ1v) is 12.4. The second kappa shape index (κ2) is 10.5. The predicted molar refractivity (Wildman–Crippen MR) is 143 cm³/mol. The number of rotatable bonds is 5. The van der Waals surface area contributed by atoms with Gasteiger partial charge in [-0.2, -0.15) is 0 Å². The lowest BCUT2D eigenvalue weighted by Crippen LogP contribution is -2.35. The number of esters is 1. The van der Waals surface area contributed by atoms with Crippen LogP contribution in [0, 0.1) is 12.5 Å². The van der Waals surface area contributed by atoms with Gasteiger partial charge in [-0.25, -0.2) is 11.4 Å². The van der Waals surface area contributed by atoms with E-state index in [0.29, 0.717) is 16.5 Å². The largest absolute Gasteiger partial charge is 0.456 e. The van der Waals surface area contributed by atoms with Crippen molar-refractivity contribution in [3.8, 4) is 11.1 Å². The molecule has 1 aliphatic rings. The van der Waals surface area contributed by atoms with Crippen LogP contribution in [0.2, 0.25) is 5.02 Å². The van der Waals surface area contributed by atoms with E-state index in [1.807, 2.05) is 81.4 Å². The molecule has 0 saturated carbocycles. The summed E-state index contributed by atoms with van der Waals surface area (Å²) in [5.41, 5.74) is 4.42. The summed E-state index contributed by atoms with van der Waals surface area (Å²) < 4.78 is 5.46. The third-order valence-corrected chi connectivity index (χ3v) is 6.68. The third kappa shape index (κ3) is 6.05. The average Bonchev–Trinajstić information content (AvgIpc) is 2.85. The van der Waals surface area contributed by atoms with Crippen molar-refractivity contribution < 1.29 is 9.53 Å². The highest BCUT2D eigenvalue weighted by atomic mass is 35.5. The molecule has 3 aromatic rings. The lowest BCUT2D eigenvalue weighted by Gasteiger charge is -2.34. The summed E-state index contributed by atoms with van der Waals surface area (Å²) in [7, 11) is 0. The number of benzene rings is 3. The Morgan fingerprint density at radius 1 is 1.00 bits per heavy atom. The number of carbonyl (C=O) groups is 1. The number of hydrogen-bond acceptors (Lipinski definition) is 3. The van der Waals surface area contributed by atoms with Crippen LogP contribution in [0.4, 0.5) is 5.69 Å². The van der Waals surface area contributed by atoms with E-state index in [9.17, 15) is 4.79 Å². The first kappa shape index (κ1) is 24.8. The van der Waals surface area contributed by atoms with Gasteiger partial charge in [0.2, 0.25) is 0 Å². The minimum absolute atomic E-state index is 0.182. The van der Waals surface area contributed by atoms with E-state index >= 15 is 0 Å². The molecule has 1 saturated heterocycles. The topological polar surface area (TPSA) is 33.9 Å². The van der Waals surface area contributed by atoms with Gasteiger partial charge in [0.25, 0.3) is 6.04 Å². The first-order valence-electron chi connectivity index (χ1n) is 12.0. The summed E-state index contributed by atoms with van der Waals surface area (Å²) in [4.78, 5) is 18.7. The molecule has 3 aromatic carbocycles. The Bertz CT molecular complexity index is 1200. The molecule has 0 aromatic heterocycles. The van der Waals surface area contributed by atoms with Crippen LogP contribution >= 0.6 is 11.6 Å². The molecule has 5 heteroatoms. The van der Waals surface area contributed by atoms with Crippen LogP contribution in [0.1, 0.15) is 55.6 Å². The van der Waals surface area contributed by atoms with Gasteiger partial charge in [0.15, 0.2) is 0 Å². The summed E-state index contributed by atoms with van der Waals surface area (Å²) in [5.74, 6) is -0.0137. The van der Waals surface area contributed by atoms with E-state index in [1.54, 1.807) is 0 Å². The number of ether oxygens (including phenoxy) is 1. The zero-order valence-electron chi connectivity index (χ0n) is 20.5. The van der Waals surface area contributed by atoms with E-state index in [-0.39, 0.29) is 12.0 Å². The van der Waals surface area contributed by atoms with Crippen molar-refractivity contribution in [2.45, 2.75) is 45.3 Å². The highest BCUT2D eigenvalue weighted by Crippen LogP contribution is 2.39. The van der Waals surface area contributed by atoms with Gasteiger partial charge in [0.1, 0.15) is 5.60 Å². The molecule has 35 heavy (non-hydrogen) atoms. The van der Waals surface area contributed by atoms with Crippen molar-refractivity contribution >= 4 is 23.3 Å². The Morgan fingerprint density at radius 3 is 2.23 bits per heavy atom. The van der Waals surface area contributed by atoms with E-state index in [2.05, 4.69) is 21.9 Å². The van der Waals surface area contributed by atoms with E-state index < -0.39 is 5.60 Å². The van der Waals surface area contributed by atoms with Gasteiger partial charge in [-0.3, -0.25) is 0 Å². The summed E-state index contributed by atoms with van der Waals surface area (Å²) in [6.07, 6.45) is 1.88. The van der Waals surface area contributed by atoms with Gasteiger partial charge in [0.05, 0.1) is 5.56 Å². The number of halogens is 1. The SMILES string of the molecule is [C-]#[N+][C@@H](c1ccccc1-c1ccc(Cl)cc1)C1CCN(c2ccc(C(=O)OC(C)(C)C)cc2)CC1. The Kier molecular flexibility index (Phi) is 7.48. The quantitative estimate of drug-likeness (QED) is 0.272. The van der Waals surface area contributed by atoms with Crippen LogP contribution in [-0.4, -0.2) is 24.7 Å². The van der Waals surface area contributed by atoms with E-state index in [4.69, 9.17) is 22.9 Å².